The molecule has 7 nitrogen and oxygen atoms in total. The van der Waals surface area contributed by atoms with Crippen LogP contribution >= 0.6 is 11.8 Å². The zero-order valence-electron chi connectivity index (χ0n) is 21.4. The molecule has 1 heterocycles. The molecule has 5 atom stereocenters. The van der Waals surface area contributed by atoms with Gasteiger partial charge in [-0.1, -0.05) is 90.6 Å². The van der Waals surface area contributed by atoms with Crippen molar-refractivity contribution >= 4 is 23.7 Å². The molecule has 38 heavy (non-hydrogen) atoms. The Morgan fingerprint density at radius 3 is 1.76 bits per heavy atom. The second-order valence-electron chi connectivity index (χ2n) is 8.87. The second-order valence-corrected chi connectivity index (χ2v) is 10.0. The monoisotopic (exact) mass is 536 g/mol. The highest BCUT2D eigenvalue weighted by Crippen LogP contribution is 2.38. The molecule has 0 spiro atoms. The summed E-state index contributed by atoms with van der Waals surface area (Å²) in [5.74, 6) is -0.942. The minimum absolute atomic E-state index is 0.0876. The molecule has 1 saturated heterocycles. The smallest absolute Gasteiger partial charge is 0.303 e. The minimum atomic E-state index is -0.857. The van der Waals surface area contributed by atoms with E-state index in [1.165, 1.54) is 25.6 Å². The molecule has 3 aromatic carbocycles. The number of hydrogen-bond donors (Lipinski definition) is 0. The third-order valence-corrected chi connectivity index (χ3v) is 7.07. The van der Waals surface area contributed by atoms with E-state index in [-0.39, 0.29) is 13.2 Å². The van der Waals surface area contributed by atoms with Gasteiger partial charge in [-0.25, -0.2) is 0 Å². The van der Waals surface area contributed by atoms with Gasteiger partial charge in [0.1, 0.15) is 30.4 Å². The molecule has 1 fully saturated rings. The average molecular weight is 537 g/mol. The van der Waals surface area contributed by atoms with Crippen molar-refractivity contribution in [2.24, 2.45) is 0 Å². The topological polar surface area (TPSA) is 80.3 Å². The van der Waals surface area contributed by atoms with Crippen LogP contribution in [-0.4, -0.2) is 48.4 Å². The maximum absolute atomic E-state index is 12.2. The number of benzene rings is 3. The second kappa shape index (κ2) is 14.1. The first-order valence-corrected chi connectivity index (χ1v) is 13.4. The van der Waals surface area contributed by atoms with Gasteiger partial charge in [0.05, 0.1) is 13.2 Å². The van der Waals surface area contributed by atoms with E-state index in [2.05, 4.69) is 0 Å². The zero-order chi connectivity index (χ0) is 26.7. The van der Waals surface area contributed by atoms with Crippen LogP contribution in [0.25, 0.3) is 0 Å². The molecule has 0 amide bonds. The van der Waals surface area contributed by atoms with Crippen LogP contribution in [0.5, 0.6) is 0 Å². The molecule has 0 bridgehead atoms. The van der Waals surface area contributed by atoms with Crippen molar-refractivity contribution in [3.8, 4) is 0 Å². The highest BCUT2D eigenvalue weighted by atomic mass is 32.2. The molecule has 1 aliphatic rings. The van der Waals surface area contributed by atoms with Gasteiger partial charge in [0, 0.05) is 18.7 Å². The summed E-state index contributed by atoms with van der Waals surface area (Å²) in [5.41, 5.74) is 1.42. The van der Waals surface area contributed by atoms with Crippen LogP contribution < -0.4 is 0 Å². The van der Waals surface area contributed by atoms with Crippen LogP contribution in [0.2, 0.25) is 0 Å². The van der Waals surface area contributed by atoms with Gasteiger partial charge in [-0.2, -0.15) is 0 Å². The first-order valence-electron chi connectivity index (χ1n) is 12.5. The Balaban J connectivity index is 1.67. The van der Waals surface area contributed by atoms with Gasteiger partial charge < -0.3 is 23.7 Å². The number of hydrogen-bond acceptors (Lipinski definition) is 8. The van der Waals surface area contributed by atoms with Crippen molar-refractivity contribution < 1.29 is 33.3 Å². The number of carbonyl (C=O) groups excluding carboxylic acids is 2. The van der Waals surface area contributed by atoms with Crippen LogP contribution in [0.3, 0.4) is 0 Å². The van der Waals surface area contributed by atoms with Crippen molar-refractivity contribution in [2.75, 3.05) is 6.61 Å². The Hall–Kier alpha value is -3.17. The maximum Gasteiger partial charge on any atom is 0.303 e. The van der Waals surface area contributed by atoms with E-state index in [1.54, 1.807) is 0 Å². The standard InChI is InChI=1S/C30H32O7S/c1-21(31)33-20-26-27(36-22(2)32)28(34-18-23-12-6-3-7-13-23)29(35-19-24-14-8-4-9-15-24)30(37-26)38-25-16-10-5-11-17-25/h3-17,26-30H,18-20H2,1-2H3/t26?,27-,28?,29?,30+/m1/s1. The van der Waals surface area contributed by atoms with Crippen LogP contribution in [0.4, 0.5) is 0 Å². The predicted octanol–water partition coefficient (Wildman–Crippen LogP) is 5.17. The van der Waals surface area contributed by atoms with Gasteiger partial charge in [0.2, 0.25) is 0 Å². The first kappa shape index (κ1) is 27.9. The fourth-order valence-electron chi connectivity index (χ4n) is 4.17. The Labute approximate surface area is 227 Å². The summed E-state index contributed by atoms with van der Waals surface area (Å²) < 4.78 is 30.4. The quantitative estimate of drug-likeness (QED) is 0.311. The van der Waals surface area contributed by atoms with E-state index < -0.39 is 41.8 Å². The Morgan fingerprint density at radius 1 is 0.711 bits per heavy atom. The normalized spacial score (nSPS) is 22.9. The summed E-state index contributed by atoms with van der Waals surface area (Å²) in [6.07, 6.45) is -2.91. The highest BCUT2D eigenvalue weighted by molar-refractivity contribution is 7.99. The Morgan fingerprint density at radius 2 is 1.24 bits per heavy atom. The van der Waals surface area contributed by atoms with Crippen molar-refractivity contribution in [1.29, 1.82) is 0 Å². The van der Waals surface area contributed by atoms with E-state index in [4.69, 9.17) is 23.7 Å². The van der Waals surface area contributed by atoms with E-state index in [0.29, 0.717) is 6.61 Å². The summed E-state index contributed by atoms with van der Waals surface area (Å²) in [5, 5.41) is 0. The lowest BCUT2D eigenvalue weighted by molar-refractivity contribution is -0.246. The average Bonchev–Trinajstić information content (AvgIpc) is 2.92. The molecule has 0 saturated carbocycles. The van der Waals surface area contributed by atoms with Gasteiger partial charge in [-0.05, 0) is 23.3 Å². The fraction of sp³-hybridized carbons (Fsp3) is 0.333. The molecule has 1 aliphatic heterocycles. The molecular formula is C30H32O7S. The molecule has 0 aliphatic carbocycles. The van der Waals surface area contributed by atoms with E-state index >= 15 is 0 Å². The lowest BCUT2D eigenvalue weighted by atomic mass is 9.99. The first-order chi connectivity index (χ1) is 18.5. The van der Waals surface area contributed by atoms with Crippen LogP contribution in [0, 0.1) is 0 Å². The number of esters is 2. The lowest BCUT2D eigenvalue weighted by Gasteiger charge is -2.45. The Kier molecular flexibility index (Phi) is 10.3. The summed E-state index contributed by atoms with van der Waals surface area (Å²) in [6, 6.07) is 29.4. The van der Waals surface area contributed by atoms with Crippen LogP contribution in [-0.2, 0) is 46.5 Å². The lowest BCUT2D eigenvalue weighted by Crippen LogP contribution is -2.60. The highest BCUT2D eigenvalue weighted by Gasteiger charge is 2.50. The fourth-order valence-corrected chi connectivity index (χ4v) is 5.32. The van der Waals surface area contributed by atoms with Gasteiger partial charge in [0.25, 0.3) is 0 Å². The van der Waals surface area contributed by atoms with Crippen LogP contribution in [0.1, 0.15) is 25.0 Å². The predicted molar refractivity (Wildman–Crippen MR) is 143 cm³/mol. The third-order valence-electron chi connectivity index (χ3n) is 5.91. The van der Waals surface area contributed by atoms with Crippen molar-refractivity contribution in [3.63, 3.8) is 0 Å². The SMILES string of the molecule is CC(=O)OCC1O[C@@H](Sc2ccccc2)C(OCc2ccccc2)C(OCc2ccccc2)[C@@H]1OC(C)=O. The zero-order valence-corrected chi connectivity index (χ0v) is 22.3. The molecule has 4 rings (SSSR count). The summed E-state index contributed by atoms with van der Waals surface area (Å²) in [7, 11) is 0. The molecule has 0 N–H and O–H groups in total. The number of carbonyl (C=O) groups is 2. The third kappa shape index (κ3) is 8.16. The molecular weight excluding hydrogens is 504 g/mol. The van der Waals surface area contributed by atoms with Crippen molar-refractivity contribution in [2.45, 2.75) is 61.8 Å². The van der Waals surface area contributed by atoms with Crippen molar-refractivity contribution in [1.82, 2.24) is 0 Å². The van der Waals surface area contributed by atoms with Gasteiger partial charge in [-0.3, -0.25) is 9.59 Å². The number of ether oxygens (including phenoxy) is 5. The van der Waals surface area contributed by atoms with Gasteiger partial charge >= 0.3 is 11.9 Å². The van der Waals surface area contributed by atoms with Crippen LogP contribution in [0.15, 0.2) is 95.9 Å². The molecule has 0 radical (unpaired) electrons. The molecule has 3 unspecified atom stereocenters. The van der Waals surface area contributed by atoms with Gasteiger partial charge in [-0.15, -0.1) is 0 Å². The molecule has 200 valence electrons. The van der Waals surface area contributed by atoms with E-state index in [0.717, 1.165) is 16.0 Å². The molecule has 3 aromatic rings. The molecule has 8 heteroatoms. The van der Waals surface area contributed by atoms with E-state index in [1.807, 2.05) is 91.0 Å². The van der Waals surface area contributed by atoms with Crippen molar-refractivity contribution in [3.05, 3.63) is 102 Å². The van der Waals surface area contributed by atoms with Gasteiger partial charge in [0.15, 0.2) is 6.10 Å². The Bertz CT molecular complexity index is 1140. The number of thioether (sulfide) groups is 1. The van der Waals surface area contributed by atoms with E-state index in [9.17, 15) is 9.59 Å². The number of rotatable bonds is 11. The largest absolute Gasteiger partial charge is 0.463 e. The minimum Gasteiger partial charge on any atom is -0.463 e. The summed E-state index contributed by atoms with van der Waals surface area (Å²) >= 11 is 1.48. The maximum atomic E-state index is 12.2. The summed E-state index contributed by atoms with van der Waals surface area (Å²) in [6.45, 7) is 3.16. The molecule has 0 aromatic heterocycles. The summed E-state index contributed by atoms with van der Waals surface area (Å²) in [4.78, 5) is 24.8.